The molecule has 0 amide bonds. The first-order valence-corrected chi connectivity index (χ1v) is 7.29. The normalized spacial score (nSPS) is 10.6. The molecule has 0 bridgehead atoms. The first-order chi connectivity index (χ1) is 8.77. The van der Waals surface area contributed by atoms with Crippen LogP contribution in [0.4, 0.5) is 5.69 Å². The third-order valence-electron chi connectivity index (χ3n) is 3.18. The highest BCUT2D eigenvalue weighted by atomic mass is 16.5. The smallest absolute Gasteiger partial charge is 0.121 e. The molecule has 102 valence electrons. The largest absolute Gasteiger partial charge is 0.494 e. The van der Waals surface area contributed by atoms with Crippen molar-refractivity contribution in [2.75, 3.05) is 12.3 Å². The van der Waals surface area contributed by atoms with Gasteiger partial charge < -0.3 is 10.5 Å². The molecule has 0 heterocycles. The Morgan fingerprint density at radius 1 is 1.00 bits per heavy atom. The standard InChI is InChI=1S/C16H27NO/c1-3-5-7-8-9-14-10-11-15(13-16(14)17)18-12-6-4-2/h10-11,13H,3-9,12,17H2,1-2H3. The zero-order chi connectivity index (χ0) is 13.2. The van der Waals surface area contributed by atoms with E-state index in [1.807, 2.05) is 12.1 Å². The minimum absolute atomic E-state index is 0.784. The van der Waals surface area contributed by atoms with Gasteiger partial charge in [0.15, 0.2) is 0 Å². The summed E-state index contributed by atoms with van der Waals surface area (Å²) in [6.45, 7) is 5.18. The molecule has 18 heavy (non-hydrogen) atoms. The topological polar surface area (TPSA) is 35.2 Å². The van der Waals surface area contributed by atoms with Crippen LogP contribution in [0, 0.1) is 0 Å². The highest BCUT2D eigenvalue weighted by Crippen LogP contribution is 2.22. The molecule has 0 fully saturated rings. The number of hydrogen-bond acceptors (Lipinski definition) is 2. The molecule has 0 radical (unpaired) electrons. The number of benzene rings is 1. The van der Waals surface area contributed by atoms with Crippen LogP contribution in [-0.2, 0) is 6.42 Å². The quantitative estimate of drug-likeness (QED) is 0.514. The number of aryl methyl sites for hydroxylation is 1. The Kier molecular flexibility index (Phi) is 7.31. The van der Waals surface area contributed by atoms with E-state index in [9.17, 15) is 0 Å². The van der Waals surface area contributed by atoms with Gasteiger partial charge in [-0.1, -0.05) is 45.6 Å². The van der Waals surface area contributed by atoms with E-state index in [-0.39, 0.29) is 0 Å². The summed E-state index contributed by atoms with van der Waals surface area (Å²) in [4.78, 5) is 0. The molecule has 1 rings (SSSR count). The summed E-state index contributed by atoms with van der Waals surface area (Å²) in [6.07, 6.45) is 8.46. The fourth-order valence-electron chi connectivity index (χ4n) is 1.97. The van der Waals surface area contributed by atoms with Crippen molar-refractivity contribution >= 4 is 5.69 Å². The van der Waals surface area contributed by atoms with Gasteiger partial charge in [0.05, 0.1) is 6.61 Å². The molecule has 2 heteroatoms. The molecular weight excluding hydrogens is 222 g/mol. The lowest BCUT2D eigenvalue weighted by atomic mass is 10.0. The number of hydrogen-bond donors (Lipinski definition) is 1. The van der Waals surface area contributed by atoms with Crippen molar-refractivity contribution < 1.29 is 4.74 Å². The van der Waals surface area contributed by atoms with Crippen molar-refractivity contribution in [2.24, 2.45) is 0 Å². The van der Waals surface area contributed by atoms with E-state index in [1.54, 1.807) is 0 Å². The van der Waals surface area contributed by atoms with Crippen molar-refractivity contribution in [2.45, 2.75) is 58.8 Å². The molecule has 0 saturated carbocycles. The van der Waals surface area contributed by atoms with Crippen LogP contribution in [0.1, 0.15) is 57.9 Å². The van der Waals surface area contributed by atoms with Gasteiger partial charge in [0.25, 0.3) is 0 Å². The number of nitrogen functional groups attached to an aromatic ring is 1. The third kappa shape index (κ3) is 5.44. The summed E-state index contributed by atoms with van der Waals surface area (Å²) in [5.74, 6) is 0.901. The zero-order valence-electron chi connectivity index (χ0n) is 11.9. The molecule has 0 saturated heterocycles. The first kappa shape index (κ1) is 14.9. The molecule has 0 aliphatic rings. The average Bonchev–Trinajstić information content (AvgIpc) is 2.37. The Hall–Kier alpha value is -1.18. The Labute approximate surface area is 112 Å². The zero-order valence-corrected chi connectivity index (χ0v) is 11.9. The number of anilines is 1. The summed E-state index contributed by atoms with van der Waals surface area (Å²) in [7, 11) is 0. The lowest BCUT2D eigenvalue weighted by Crippen LogP contribution is -1.99. The molecule has 1 aromatic carbocycles. The van der Waals surface area contributed by atoms with Crippen LogP contribution in [0.15, 0.2) is 18.2 Å². The van der Waals surface area contributed by atoms with Crippen molar-refractivity contribution in [1.29, 1.82) is 0 Å². The predicted octanol–water partition coefficient (Wildman–Crippen LogP) is 4.57. The fraction of sp³-hybridized carbons (Fsp3) is 0.625. The van der Waals surface area contributed by atoms with Gasteiger partial charge in [0, 0.05) is 11.8 Å². The highest BCUT2D eigenvalue weighted by molar-refractivity contribution is 5.51. The van der Waals surface area contributed by atoms with Gasteiger partial charge in [-0.2, -0.15) is 0 Å². The van der Waals surface area contributed by atoms with Crippen LogP contribution in [0.5, 0.6) is 5.75 Å². The Morgan fingerprint density at radius 3 is 2.44 bits per heavy atom. The van der Waals surface area contributed by atoms with E-state index in [0.29, 0.717) is 0 Å². The summed E-state index contributed by atoms with van der Waals surface area (Å²) in [5.41, 5.74) is 8.19. The monoisotopic (exact) mass is 249 g/mol. The highest BCUT2D eigenvalue weighted by Gasteiger charge is 2.02. The number of nitrogens with two attached hydrogens (primary N) is 1. The second kappa shape index (κ2) is 8.84. The molecule has 2 nitrogen and oxygen atoms in total. The minimum atomic E-state index is 0.784. The molecule has 2 N–H and O–H groups in total. The third-order valence-corrected chi connectivity index (χ3v) is 3.18. The van der Waals surface area contributed by atoms with Gasteiger partial charge in [-0.05, 0) is 30.9 Å². The van der Waals surface area contributed by atoms with Crippen LogP contribution >= 0.6 is 0 Å². The van der Waals surface area contributed by atoms with Crippen LogP contribution in [0.25, 0.3) is 0 Å². The van der Waals surface area contributed by atoms with E-state index < -0.39 is 0 Å². The second-order valence-electron chi connectivity index (χ2n) is 4.87. The van der Waals surface area contributed by atoms with Gasteiger partial charge in [0.2, 0.25) is 0 Å². The Morgan fingerprint density at radius 2 is 1.78 bits per heavy atom. The summed E-state index contributed by atoms with van der Waals surface area (Å²) in [5, 5.41) is 0. The van der Waals surface area contributed by atoms with Gasteiger partial charge in [-0.15, -0.1) is 0 Å². The number of ether oxygens (including phenoxy) is 1. The first-order valence-electron chi connectivity index (χ1n) is 7.29. The van der Waals surface area contributed by atoms with Gasteiger partial charge in [0.1, 0.15) is 5.75 Å². The minimum Gasteiger partial charge on any atom is -0.494 e. The van der Waals surface area contributed by atoms with Gasteiger partial charge in [-0.25, -0.2) is 0 Å². The summed E-state index contributed by atoms with van der Waals surface area (Å²) >= 11 is 0. The number of unbranched alkanes of at least 4 members (excludes halogenated alkanes) is 4. The van der Waals surface area contributed by atoms with E-state index in [1.165, 1.54) is 31.2 Å². The van der Waals surface area contributed by atoms with Crippen LogP contribution in [0.3, 0.4) is 0 Å². The molecule has 0 atom stereocenters. The van der Waals surface area contributed by atoms with Crippen molar-refractivity contribution in [3.63, 3.8) is 0 Å². The number of rotatable bonds is 9. The van der Waals surface area contributed by atoms with Crippen LogP contribution in [-0.4, -0.2) is 6.61 Å². The van der Waals surface area contributed by atoms with Crippen molar-refractivity contribution in [3.8, 4) is 5.75 Å². The molecule has 0 spiro atoms. The van der Waals surface area contributed by atoms with Crippen molar-refractivity contribution in [1.82, 2.24) is 0 Å². The SMILES string of the molecule is CCCCCCc1ccc(OCCCC)cc1N. The van der Waals surface area contributed by atoms with E-state index in [4.69, 9.17) is 10.5 Å². The molecule has 0 unspecified atom stereocenters. The van der Waals surface area contributed by atoms with Gasteiger partial charge >= 0.3 is 0 Å². The van der Waals surface area contributed by atoms with E-state index in [2.05, 4.69) is 19.9 Å². The van der Waals surface area contributed by atoms with E-state index in [0.717, 1.165) is 37.3 Å². The molecule has 0 aromatic heterocycles. The maximum atomic E-state index is 6.06. The maximum Gasteiger partial charge on any atom is 0.121 e. The predicted molar refractivity (Wildman–Crippen MR) is 79.1 cm³/mol. The Bertz CT molecular complexity index is 336. The Balaban J connectivity index is 2.41. The van der Waals surface area contributed by atoms with Crippen molar-refractivity contribution in [3.05, 3.63) is 23.8 Å². The second-order valence-corrected chi connectivity index (χ2v) is 4.87. The van der Waals surface area contributed by atoms with E-state index >= 15 is 0 Å². The average molecular weight is 249 g/mol. The molecule has 0 aliphatic carbocycles. The van der Waals surface area contributed by atoms with Crippen LogP contribution < -0.4 is 10.5 Å². The summed E-state index contributed by atoms with van der Waals surface area (Å²) < 4.78 is 5.65. The van der Waals surface area contributed by atoms with Gasteiger partial charge in [-0.3, -0.25) is 0 Å². The lowest BCUT2D eigenvalue weighted by molar-refractivity contribution is 0.309. The maximum absolute atomic E-state index is 6.06. The molecule has 0 aliphatic heterocycles. The molecular formula is C16H27NO. The molecule has 1 aromatic rings. The fourth-order valence-corrected chi connectivity index (χ4v) is 1.97. The lowest BCUT2D eigenvalue weighted by Gasteiger charge is -2.09. The summed E-state index contributed by atoms with van der Waals surface area (Å²) in [6, 6.07) is 6.12. The van der Waals surface area contributed by atoms with Crippen LogP contribution in [0.2, 0.25) is 0 Å².